The molecule has 1 fully saturated rings. The van der Waals surface area contributed by atoms with E-state index < -0.39 is 6.09 Å². The average Bonchev–Trinajstić information content (AvgIpc) is 3.70. The van der Waals surface area contributed by atoms with Crippen molar-refractivity contribution in [3.8, 4) is 5.75 Å². The highest BCUT2D eigenvalue weighted by molar-refractivity contribution is 9.09. The van der Waals surface area contributed by atoms with Crippen LogP contribution in [-0.4, -0.2) is 83.6 Å². The summed E-state index contributed by atoms with van der Waals surface area (Å²) >= 11 is 3.68. The van der Waals surface area contributed by atoms with Crippen LogP contribution in [0.25, 0.3) is 21.7 Å². The lowest BCUT2D eigenvalue weighted by atomic mass is 9.95. The van der Waals surface area contributed by atoms with Crippen LogP contribution in [0.5, 0.6) is 5.75 Å². The Kier molecular flexibility index (Phi) is 8.96. The molecule has 1 atom stereocenters. The molecule has 5 aromatic rings. The molecule has 3 heterocycles. The number of H-pyrrole nitrogens is 1. The van der Waals surface area contributed by atoms with Crippen molar-refractivity contribution in [2.24, 2.45) is 0 Å². The third-order valence-electron chi connectivity index (χ3n) is 9.33. The number of aromatic amines is 1. The second-order valence-electron chi connectivity index (χ2n) is 12.7. The highest BCUT2D eigenvalue weighted by atomic mass is 79.9. The van der Waals surface area contributed by atoms with E-state index in [-0.39, 0.29) is 29.9 Å². The third kappa shape index (κ3) is 6.56. The number of amides is 3. The van der Waals surface area contributed by atoms with E-state index in [1.54, 1.807) is 34.1 Å². The fraction of sp³-hybridized carbons (Fsp3) is 0.263. The molecule has 2 aliphatic rings. The van der Waals surface area contributed by atoms with Gasteiger partial charge in [0.05, 0.1) is 5.69 Å². The first kappa shape index (κ1) is 32.5. The predicted molar refractivity (Wildman–Crippen MR) is 194 cm³/mol. The number of piperazine rings is 1. The average molecular weight is 723 g/mol. The lowest BCUT2D eigenvalue weighted by molar-refractivity contribution is -0.114. The minimum Gasteiger partial charge on any atom is -0.409 e. The fourth-order valence-electron chi connectivity index (χ4n) is 6.75. The van der Waals surface area contributed by atoms with Crippen molar-refractivity contribution < 1.29 is 23.9 Å². The van der Waals surface area contributed by atoms with Crippen molar-refractivity contribution in [1.82, 2.24) is 14.8 Å². The Labute approximate surface area is 292 Å². The number of rotatable bonds is 7. The van der Waals surface area contributed by atoms with Crippen LogP contribution < -0.4 is 15.0 Å². The number of likely N-dealkylation sites (N-methyl/N-ethyl adjacent to an activating group) is 1. The van der Waals surface area contributed by atoms with E-state index in [0.29, 0.717) is 47.7 Å². The topological polar surface area (TPSA) is 115 Å². The number of anilines is 2. The van der Waals surface area contributed by atoms with Gasteiger partial charge in [-0.25, -0.2) is 4.79 Å². The van der Waals surface area contributed by atoms with E-state index in [2.05, 4.69) is 31.1 Å². The van der Waals surface area contributed by atoms with Crippen LogP contribution in [-0.2, 0) is 11.2 Å². The standard InChI is InChI=1S/C38H36BrN5O5/c1-23(45)40-28-10-8-25(9-11-28)34(46)18-24-7-12-31-26(17-24)19-32(41-31)37(47)44-22-27(21-39)36-30-6-4-3-5-29(30)35(20-33(36)44)49-38(48)43-15-13-42(2)14-16-43/h3-12,17,19-20,27,41H,13-16,18,21-22H2,1-2H3,(H,40,45)/t27-/m1/s1. The molecule has 10 nitrogen and oxygen atoms in total. The van der Waals surface area contributed by atoms with Gasteiger partial charge in [0, 0.05) is 90.9 Å². The summed E-state index contributed by atoms with van der Waals surface area (Å²) in [5.74, 6) is 0.0624. The van der Waals surface area contributed by atoms with E-state index in [4.69, 9.17) is 4.74 Å². The van der Waals surface area contributed by atoms with E-state index >= 15 is 0 Å². The van der Waals surface area contributed by atoms with Gasteiger partial charge in [-0.2, -0.15) is 0 Å². The van der Waals surface area contributed by atoms with Crippen LogP contribution >= 0.6 is 15.9 Å². The van der Waals surface area contributed by atoms with Crippen molar-refractivity contribution in [1.29, 1.82) is 0 Å². The number of ketones is 1. The van der Waals surface area contributed by atoms with E-state index in [1.165, 1.54) is 6.92 Å². The van der Waals surface area contributed by atoms with E-state index in [0.717, 1.165) is 51.6 Å². The molecule has 250 valence electrons. The SMILES string of the molecule is CC(=O)Nc1ccc(C(=O)Cc2ccc3[nH]c(C(=O)N4C[C@@H](CBr)c5c4cc(OC(=O)N4CCN(C)CC4)c4ccccc54)cc3c2)cc1. The summed E-state index contributed by atoms with van der Waals surface area (Å²) in [4.78, 5) is 60.8. The largest absolute Gasteiger partial charge is 0.415 e. The molecule has 4 aromatic carbocycles. The molecular formula is C38H36BrN5O5. The lowest BCUT2D eigenvalue weighted by Crippen LogP contribution is -2.48. The molecule has 2 aliphatic heterocycles. The normalized spacial score (nSPS) is 16.2. The van der Waals surface area contributed by atoms with E-state index in [9.17, 15) is 19.2 Å². The van der Waals surface area contributed by atoms with Gasteiger partial charge in [0.15, 0.2) is 5.78 Å². The fourth-order valence-corrected chi connectivity index (χ4v) is 7.27. The summed E-state index contributed by atoms with van der Waals surface area (Å²) in [6.45, 7) is 4.66. The molecule has 7 rings (SSSR count). The molecule has 3 amide bonds. The van der Waals surface area contributed by atoms with E-state index in [1.807, 2.05) is 61.6 Å². The Balaban J connectivity index is 1.15. The predicted octanol–water partition coefficient (Wildman–Crippen LogP) is 6.59. The minimum atomic E-state index is -0.391. The first-order valence-electron chi connectivity index (χ1n) is 16.3. The number of alkyl halides is 1. The Hall–Kier alpha value is -5.00. The van der Waals surface area contributed by atoms with Crippen molar-refractivity contribution in [2.75, 3.05) is 55.3 Å². The molecule has 0 bridgehead atoms. The van der Waals surface area contributed by atoms with Gasteiger partial charge < -0.3 is 29.7 Å². The van der Waals surface area contributed by atoms with Gasteiger partial charge in [0.25, 0.3) is 5.91 Å². The van der Waals surface area contributed by atoms with Crippen molar-refractivity contribution >= 4 is 72.7 Å². The van der Waals surface area contributed by atoms with Gasteiger partial charge in [-0.1, -0.05) is 46.3 Å². The Morgan fingerprint density at radius 1 is 0.918 bits per heavy atom. The number of benzene rings is 4. The number of nitrogens with zero attached hydrogens (tertiary/aromatic N) is 3. The molecule has 49 heavy (non-hydrogen) atoms. The Bertz CT molecular complexity index is 2100. The third-order valence-corrected chi connectivity index (χ3v) is 10.1. The minimum absolute atomic E-state index is 0.0422. The number of carbonyl (C=O) groups excluding carboxylic acids is 4. The molecule has 0 unspecified atom stereocenters. The maximum atomic E-state index is 14.2. The second-order valence-corrected chi connectivity index (χ2v) is 13.4. The molecule has 2 N–H and O–H groups in total. The second kappa shape index (κ2) is 13.5. The van der Waals surface area contributed by atoms with Crippen LogP contribution in [0.15, 0.2) is 78.9 Å². The van der Waals surface area contributed by atoms with Gasteiger partial charge in [0.2, 0.25) is 5.91 Å². The molecule has 0 saturated carbocycles. The zero-order valence-electron chi connectivity index (χ0n) is 27.3. The smallest absolute Gasteiger partial charge is 0.409 e. The molecule has 1 aromatic heterocycles. The maximum Gasteiger partial charge on any atom is 0.415 e. The number of hydrogen-bond acceptors (Lipinski definition) is 6. The summed E-state index contributed by atoms with van der Waals surface area (Å²) in [6, 6.07) is 24.1. The van der Waals surface area contributed by atoms with Gasteiger partial charge in [-0.15, -0.1) is 0 Å². The lowest BCUT2D eigenvalue weighted by Gasteiger charge is -2.31. The molecule has 1 saturated heterocycles. The summed E-state index contributed by atoms with van der Waals surface area (Å²) < 4.78 is 6.04. The maximum absolute atomic E-state index is 14.2. The van der Waals surface area contributed by atoms with Gasteiger partial charge in [-0.3, -0.25) is 14.4 Å². The Morgan fingerprint density at radius 3 is 2.37 bits per heavy atom. The van der Waals surface area contributed by atoms with Crippen LogP contribution in [0.3, 0.4) is 0 Å². The molecular weight excluding hydrogens is 686 g/mol. The highest BCUT2D eigenvalue weighted by Crippen LogP contribution is 2.46. The number of fused-ring (bicyclic) bond motifs is 4. The number of ether oxygens (including phenoxy) is 1. The quantitative estimate of drug-likeness (QED) is 0.145. The molecule has 0 radical (unpaired) electrons. The van der Waals surface area contributed by atoms with Gasteiger partial charge >= 0.3 is 6.09 Å². The summed E-state index contributed by atoms with van der Waals surface area (Å²) in [6.07, 6.45) is -0.197. The van der Waals surface area contributed by atoms with Crippen LogP contribution in [0.1, 0.15) is 44.8 Å². The summed E-state index contributed by atoms with van der Waals surface area (Å²) in [5.41, 5.74) is 4.99. The first-order chi connectivity index (χ1) is 23.7. The zero-order chi connectivity index (χ0) is 34.2. The number of hydrogen-bond donors (Lipinski definition) is 2. The van der Waals surface area contributed by atoms with Crippen molar-refractivity contribution in [3.63, 3.8) is 0 Å². The summed E-state index contributed by atoms with van der Waals surface area (Å²) in [5, 5.41) is 5.98. The zero-order valence-corrected chi connectivity index (χ0v) is 28.9. The number of Topliss-reactive ketones (excluding diaryl/α,β-unsaturated/α-hetero) is 1. The molecule has 0 spiro atoms. The number of aromatic nitrogens is 1. The summed E-state index contributed by atoms with van der Waals surface area (Å²) in [7, 11) is 2.04. The monoisotopic (exact) mass is 721 g/mol. The first-order valence-corrected chi connectivity index (χ1v) is 17.4. The highest BCUT2D eigenvalue weighted by Gasteiger charge is 2.36. The van der Waals surface area contributed by atoms with Crippen LogP contribution in [0, 0.1) is 0 Å². The van der Waals surface area contributed by atoms with Crippen LogP contribution in [0.2, 0.25) is 0 Å². The van der Waals surface area contributed by atoms with Crippen molar-refractivity contribution in [2.45, 2.75) is 19.3 Å². The number of halogens is 1. The number of carbonyl (C=O) groups is 4. The van der Waals surface area contributed by atoms with Crippen molar-refractivity contribution in [3.05, 3.63) is 101 Å². The van der Waals surface area contributed by atoms with Gasteiger partial charge in [0.1, 0.15) is 11.4 Å². The molecule has 0 aliphatic carbocycles. The van der Waals surface area contributed by atoms with Gasteiger partial charge in [-0.05, 0) is 66.0 Å². The van der Waals surface area contributed by atoms with Crippen LogP contribution in [0.4, 0.5) is 16.2 Å². The number of nitrogens with one attached hydrogen (secondary N) is 2. The Morgan fingerprint density at radius 2 is 1.65 bits per heavy atom. The molecule has 11 heteroatoms.